The molecule has 0 rings (SSSR count). The summed E-state index contributed by atoms with van der Waals surface area (Å²) in [7, 11) is -0.0229. The van der Waals surface area contributed by atoms with E-state index in [1.54, 1.807) is 0 Å². The minimum Gasteiger partial charge on any atom is -0.289 e. The monoisotopic (exact) mass is 242 g/mol. The molecule has 0 aliphatic heterocycles. The number of nitrogens with zero attached hydrogens (tertiary/aromatic N) is 2. The van der Waals surface area contributed by atoms with E-state index in [4.69, 9.17) is 0 Å². The molecular formula is C13H30N2Si. The summed E-state index contributed by atoms with van der Waals surface area (Å²) in [5.41, 5.74) is 2.42. The highest BCUT2D eigenvalue weighted by Gasteiger charge is 2.19. The average molecular weight is 242 g/mol. The quantitative estimate of drug-likeness (QED) is 0.451. The predicted octanol–water partition coefficient (Wildman–Crippen LogP) is 2.12. The summed E-state index contributed by atoms with van der Waals surface area (Å²) in [6, 6.07) is 1.38. The molecule has 0 heterocycles. The van der Waals surface area contributed by atoms with Crippen LogP contribution in [0.4, 0.5) is 0 Å². The van der Waals surface area contributed by atoms with Gasteiger partial charge in [-0.2, -0.15) is 0 Å². The second-order valence-electron chi connectivity index (χ2n) is 4.07. The van der Waals surface area contributed by atoms with E-state index in [-0.39, 0.29) is 9.52 Å². The van der Waals surface area contributed by atoms with Crippen LogP contribution in [0.5, 0.6) is 0 Å². The lowest BCUT2D eigenvalue weighted by molar-refractivity contribution is 0.0713. The van der Waals surface area contributed by atoms with Crippen LogP contribution in [0.3, 0.4) is 0 Å². The lowest BCUT2D eigenvalue weighted by Gasteiger charge is -2.38. The molecular weight excluding hydrogens is 212 g/mol. The van der Waals surface area contributed by atoms with Gasteiger partial charge in [-0.15, -0.1) is 5.70 Å². The van der Waals surface area contributed by atoms with E-state index in [0.29, 0.717) is 6.17 Å². The molecule has 0 spiro atoms. The van der Waals surface area contributed by atoms with Crippen LogP contribution in [0, 0.1) is 0 Å². The van der Waals surface area contributed by atoms with Crippen LogP contribution in [0.1, 0.15) is 34.6 Å². The molecule has 96 valence electrons. The first-order valence-electron chi connectivity index (χ1n) is 6.84. The van der Waals surface area contributed by atoms with Crippen molar-refractivity contribution in [2.24, 2.45) is 0 Å². The first-order chi connectivity index (χ1) is 7.74. The normalized spacial score (nSPS) is 13.2. The largest absolute Gasteiger partial charge is 0.289 e. The van der Waals surface area contributed by atoms with Crippen LogP contribution in [-0.4, -0.2) is 51.7 Å². The first-order valence-corrected chi connectivity index (χ1v) is 8.65. The van der Waals surface area contributed by atoms with E-state index in [1.807, 2.05) is 0 Å². The average Bonchev–Trinajstić information content (AvgIpc) is 2.31. The zero-order valence-corrected chi connectivity index (χ0v) is 13.3. The van der Waals surface area contributed by atoms with Crippen molar-refractivity contribution in [1.82, 2.24) is 9.80 Å². The molecule has 0 fully saturated rings. The van der Waals surface area contributed by atoms with Crippen molar-refractivity contribution >= 4 is 9.52 Å². The van der Waals surface area contributed by atoms with Crippen molar-refractivity contribution in [2.75, 3.05) is 26.2 Å². The summed E-state index contributed by atoms with van der Waals surface area (Å²) in [5, 5.41) is 0. The summed E-state index contributed by atoms with van der Waals surface area (Å²) in [6.45, 7) is 15.9. The van der Waals surface area contributed by atoms with E-state index in [2.05, 4.69) is 56.2 Å². The van der Waals surface area contributed by atoms with Gasteiger partial charge in [-0.05, 0) is 39.1 Å². The molecule has 0 bridgehead atoms. The molecule has 0 atom stereocenters. The summed E-state index contributed by atoms with van der Waals surface area (Å²) >= 11 is 0. The van der Waals surface area contributed by atoms with Crippen molar-refractivity contribution in [3.63, 3.8) is 0 Å². The molecule has 0 aromatic rings. The highest BCUT2D eigenvalue weighted by Crippen LogP contribution is 2.10. The van der Waals surface area contributed by atoms with E-state index >= 15 is 0 Å². The van der Waals surface area contributed by atoms with Crippen LogP contribution in [-0.2, 0) is 0 Å². The molecule has 0 aliphatic carbocycles. The number of hydrogen-bond donors (Lipinski definition) is 0. The molecule has 0 aromatic carbocycles. The van der Waals surface area contributed by atoms with Crippen molar-refractivity contribution in [3.8, 4) is 0 Å². The molecule has 0 saturated carbocycles. The first kappa shape index (κ1) is 15.9. The van der Waals surface area contributed by atoms with E-state index in [1.165, 1.54) is 32.2 Å². The highest BCUT2D eigenvalue weighted by atomic mass is 28.2. The minimum atomic E-state index is -0.0229. The maximum absolute atomic E-state index is 2.60. The molecule has 0 aliphatic rings. The van der Waals surface area contributed by atoms with Crippen molar-refractivity contribution < 1.29 is 0 Å². The predicted molar refractivity (Wildman–Crippen MR) is 77.8 cm³/mol. The third-order valence-electron chi connectivity index (χ3n) is 3.29. The molecule has 0 aromatic heterocycles. The van der Waals surface area contributed by atoms with Gasteiger partial charge in [-0.25, -0.2) is 0 Å². The van der Waals surface area contributed by atoms with Gasteiger partial charge in [0.25, 0.3) is 0 Å². The Morgan fingerprint density at radius 1 is 0.938 bits per heavy atom. The molecule has 2 nitrogen and oxygen atoms in total. The summed E-state index contributed by atoms with van der Waals surface area (Å²) in [5.74, 6) is 0. The summed E-state index contributed by atoms with van der Waals surface area (Å²) in [4.78, 5) is 5.20. The fraction of sp³-hybridized carbons (Fsp3) is 0.846. The lowest BCUT2D eigenvalue weighted by Crippen LogP contribution is -2.48. The Balaban J connectivity index is 4.45. The van der Waals surface area contributed by atoms with Crippen molar-refractivity contribution in [1.29, 1.82) is 0 Å². The van der Waals surface area contributed by atoms with Crippen LogP contribution in [0.15, 0.2) is 11.8 Å². The van der Waals surface area contributed by atoms with E-state index in [9.17, 15) is 0 Å². The topological polar surface area (TPSA) is 6.48 Å². The van der Waals surface area contributed by atoms with Crippen molar-refractivity contribution in [3.05, 3.63) is 11.8 Å². The third-order valence-corrected chi connectivity index (χ3v) is 4.95. The van der Waals surface area contributed by atoms with Gasteiger partial charge in [-0.1, -0.05) is 33.8 Å². The fourth-order valence-electron chi connectivity index (χ4n) is 2.30. The maximum Gasteiger partial charge on any atom is 0.0595 e. The van der Waals surface area contributed by atoms with Gasteiger partial charge in [0.1, 0.15) is 0 Å². The second kappa shape index (κ2) is 10.1. The Kier molecular flexibility index (Phi) is 9.98. The molecule has 0 radical (unpaired) electrons. The Labute approximate surface area is 105 Å². The maximum atomic E-state index is 2.60. The Morgan fingerprint density at radius 2 is 1.38 bits per heavy atom. The highest BCUT2D eigenvalue weighted by molar-refractivity contribution is 6.42. The molecule has 0 N–H and O–H groups in total. The van der Waals surface area contributed by atoms with Gasteiger partial charge in [0, 0.05) is 9.52 Å². The Hall–Kier alpha value is -0.123. The smallest absolute Gasteiger partial charge is 0.0595 e. The zero-order valence-electron chi connectivity index (χ0n) is 11.9. The minimum absolute atomic E-state index is 0.0229. The molecule has 0 saturated heterocycles. The lowest BCUT2D eigenvalue weighted by atomic mass is 10.3. The van der Waals surface area contributed by atoms with E-state index < -0.39 is 0 Å². The molecule has 0 amide bonds. The third kappa shape index (κ3) is 5.28. The molecule has 16 heavy (non-hydrogen) atoms. The number of allylic oxidation sites excluding steroid dienone is 1. The fourth-order valence-corrected chi connectivity index (χ4v) is 3.85. The Bertz CT molecular complexity index is 163. The molecule has 3 heteroatoms. The summed E-state index contributed by atoms with van der Waals surface area (Å²) in [6.07, 6.45) is 2.89. The van der Waals surface area contributed by atoms with Gasteiger partial charge in [0.15, 0.2) is 0 Å². The van der Waals surface area contributed by atoms with E-state index in [0.717, 1.165) is 0 Å². The van der Waals surface area contributed by atoms with Gasteiger partial charge in [0.2, 0.25) is 0 Å². The van der Waals surface area contributed by atoms with Crippen LogP contribution in [0.25, 0.3) is 0 Å². The van der Waals surface area contributed by atoms with Gasteiger partial charge in [0.05, 0.1) is 6.17 Å². The van der Waals surface area contributed by atoms with Gasteiger partial charge in [-0.3, -0.25) is 9.80 Å². The van der Waals surface area contributed by atoms with Crippen molar-refractivity contribution in [2.45, 2.75) is 46.8 Å². The van der Waals surface area contributed by atoms with Gasteiger partial charge >= 0.3 is 0 Å². The number of rotatable bonds is 9. The number of hydrogen-bond acceptors (Lipinski definition) is 2. The zero-order chi connectivity index (χ0) is 12.4. The second-order valence-corrected chi connectivity index (χ2v) is 5.70. The standard InChI is InChI=1S/C13H30N2Si/c1-6-11-16-12-13(14(7-2)8-3)15(9-4)10-5/h6,11,13H,7-10,12,16H2,1-5H3. The van der Waals surface area contributed by atoms with Crippen LogP contribution >= 0.6 is 0 Å². The Morgan fingerprint density at radius 3 is 1.69 bits per heavy atom. The van der Waals surface area contributed by atoms with Crippen LogP contribution in [0.2, 0.25) is 6.04 Å². The van der Waals surface area contributed by atoms with Crippen LogP contribution < -0.4 is 0 Å². The van der Waals surface area contributed by atoms with Gasteiger partial charge < -0.3 is 0 Å². The summed E-state index contributed by atoms with van der Waals surface area (Å²) < 4.78 is 0. The SMILES string of the molecule is CC=C[SiH2]CC(N(CC)CC)N(CC)CC. The molecule has 0 unspecified atom stereocenters.